The van der Waals surface area contributed by atoms with Gasteiger partial charge < -0.3 is 24.1 Å². The molecule has 1 N–H and O–H groups in total. The van der Waals surface area contributed by atoms with Crippen molar-refractivity contribution in [3.8, 4) is 28.7 Å². The molecule has 0 aliphatic carbocycles. The Kier molecular flexibility index (Phi) is 6.46. The van der Waals surface area contributed by atoms with Crippen LogP contribution in [-0.2, 0) is 0 Å². The van der Waals surface area contributed by atoms with Crippen LogP contribution < -0.4 is 19.5 Å². The van der Waals surface area contributed by atoms with Crippen molar-refractivity contribution >= 4 is 12.4 Å². The lowest BCUT2D eigenvalue weighted by Crippen LogP contribution is -2.44. The molecule has 0 radical (unpaired) electrons. The third kappa shape index (κ3) is 3.81. The molecule has 2 heterocycles. The number of aromatic nitrogens is 2. The van der Waals surface area contributed by atoms with Crippen LogP contribution >= 0.6 is 12.4 Å². The first-order chi connectivity index (χ1) is 11.7. The maximum Gasteiger partial charge on any atom is 0.258 e. The van der Waals surface area contributed by atoms with Crippen LogP contribution in [0.4, 0.5) is 0 Å². The maximum atomic E-state index is 5.46. The Labute approximate surface area is 152 Å². The van der Waals surface area contributed by atoms with Gasteiger partial charge in [-0.05, 0) is 19.2 Å². The van der Waals surface area contributed by atoms with Crippen LogP contribution in [0.5, 0.6) is 17.2 Å². The molecule has 0 spiro atoms. The highest BCUT2D eigenvalue weighted by Gasteiger charge is 2.26. The van der Waals surface area contributed by atoms with Crippen molar-refractivity contribution in [1.82, 2.24) is 20.4 Å². The summed E-state index contributed by atoms with van der Waals surface area (Å²) >= 11 is 0. The molecule has 0 saturated carbocycles. The Balaban J connectivity index is 0.00000225. The average Bonchev–Trinajstić information content (AvgIpc) is 3.10. The number of hydrogen-bond acceptors (Lipinski definition) is 8. The Morgan fingerprint density at radius 1 is 1.16 bits per heavy atom. The topological polar surface area (TPSA) is 81.9 Å². The van der Waals surface area contributed by atoms with Crippen LogP contribution in [0.3, 0.4) is 0 Å². The number of likely N-dealkylation sites (N-methyl/N-ethyl adjacent to an activating group) is 1. The van der Waals surface area contributed by atoms with Gasteiger partial charge in [0.25, 0.3) is 5.89 Å². The van der Waals surface area contributed by atoms with Gasteiger partial charge in [-0.1, -0.05) is 5.16 Å². The SMILES string of the molecule is COc1cc(-c2nc(C3CNCCN3C)no2)cc(OC)c1OC.Cl. The number of nitrogens with zero attached hydrogens (tertiary/aromatic N) is 3. The highest BCUT2D eigenvalue weighted by molar-refractivity contribution is 5.85. The zero-order valence-electron chi connectivity index (χ0n) is 14.7. The van der Waals surface area contributed by atoms with Gasteiger partial charge in [0.05, 0.1) is 27.4 Å². The van der Waals surface area contributed by atoms with Gasteiger partial charge in [-0.25, -0.2) is 0 Å². The first-order valence-electron chi connectivity index (χ1n) is 7.73. The van der Waals surface area contributed by atoms with E-state index in [0.717, 1.165) is 25.2 Å². The minimum Gasteiger partial charge on any atom is -0.493 e. The van der Waals surface area contributed by atoms with E-state index in [0.29, 0.717) is 29.0 Å². The minimum atomic E-state index is 0. The second-order valence-electron chi connectivity index (χ2n) is 5.57. The Hall–Kier alpha value is -2.03. The van der Waals surface area contributed by atoms with Crippen LogP contribution in [-0.4, -0.2) is 63.1 Å². The minimum absolute atomic E-state index is 0. The van der Waals surface area contributed by atoms with E-state index < -0.39 is 0 Å². The number of rotatable bonds is 5. The molecule has 1 aliphatic rings. The van der Waals surface area contributed by atoms with Crippen molar-refractivity contribution < 1.29 is 18.7 Å². The standard InChI is InChI=1S/C16H22N4O4.ClH/c1-20-6-5-17-9-11(20)15-18-16(24-19-15)10-7-12(21-2)14(23-4)13(8-10)22-3;/h7-8,11,17H,5-6,9H2,1-4H3;1H. The third-order valence-electron chi connectivity index (χ3n) is 4.16. The van der Waals surface area contributed by atoms with Crippen LogP contribution in [0, 0.1) is 0 Å². The molecule has 3 rings (SSSR count). The van der Waals surface area contributed by atoms with E-state index in [-0.39, 0.29) is 18.4 Å². The Morgan fingerprint density at radius 3 is 2.40 bits per heavy atom. The predicted molar refractivity (Wildman–Crippen MR) is 94.9 cm³/mol. The number of nitrogens with one attached hydrogen (secondary N) is 1. The first-order valence-corrected chi connectivity index (χ1v) is 7.73. The fourth-order valence-corrected chi connectivity index (χ4v) is 2.79. The quantitative estimate of drug-likeness (QED) is 0.852. The second kappa shape index (κ2) is 8.37. The number of hydrogen-bond donors (Lipinski definition) is 1. The van der Waals surface area contributed by atoms with Crippen molar-refractivity contribution in [2.24, 2.45) is 0 Å². The predicted octanol–water partition coefficient (Wildman–Crippen LogP) is 1.76. The molecule has 0 amide bonds. The van der Waals surface area contributed by atoms with E-state index in [1.807, 2.05) is 0 Å². The zero-order chi connectivity index (χ0) is 17.1. The summed E-state index contributed by atoms with van der Waals surface area (Å²) in [6.07, 6.45) is 0. The van der Waals surface area contributed by atoms with Crippen LogP contribution in [0.2, 0.25) is 0 Å². The van der Waals surface area contributed by atoms with Gasteiger partial charge in [0.1, 0.15) is 0 Å². The Morgan fingerprint density at radius 2 is 1.84 bits per heavy atom. The molecule has 1 aromatic heterocycles. The van der Waals surface area contributed by atoms with Crippen LogP contribution in [0.25, 0.3) is 11.5 Å². The molecule has 0 bridgehead atoms. The molecule has 1 unspecified atom stereocenters. The van der Waals surface area contributed by atoms with Crippen molar-refractivity contribution in [3.63, 3.8) is 0 Å². The lowest BCUT2D eigenvalue weighted by molar-refractivity contribution is 0.190. The first kappa shape index (κ1) is 19.3. The number of halogens is 1. The van der Waals surface area contributed by atoms with E-state index in [1.165, 1.54) is 0 Å². The monoisotopic (exact) mass is 370 g/mol. The largest absolute Gasteiger partial charge is 0.493 e. The summed E-state index contributed by atoms with van der Waals surface area (Å²) < 4.78 is 21.5. The highest BCUT2D eigenvalue weighted by Crippen LogP contribution is 2.41. The molecule has 1 fully saturated rings. The second-order valence-corrected chi connectivity index (χ2v) is 5.57. The smallest absolute Gasteiger partial charge is 0.258 e. The van der Waals surface area contributed by atoms with Crippen LogP contribution in [0.15, 0.2) is 16.7 Å². The van der Waals surface area contributed by atoms with Gasteiger partial charge in [-0.15, -0.1) is 12.4 Å². The molecule has 1 aliphatic heterocycles. The molecule has 2 aromatic rings. The summed E-state index contributed by atoms with van der Waals surface area (Å²) in [7, 11) is 6.77. The molecular formula is C16H23ClN4O4. The molecule has 25 heavy (non-hydrogen) atoms. The van der Waals surface area contributed by atoms with E-state index in [4.69, 9.17) is 18.7 Å². The number of benzene rings is 1. The highest BCUT2D eigenvalue weighted by atomic mass is 35.5. The lowest BCUT2D eigenvalue weighted by Gasteiger charge is -2.30. The van der Waals surface area contributed by atoms with Gasteiger partial charge in [-0.3, -0.25) is 4.90 Å². The van der Waals surface area contributed by atoms with Crippen molar-refractivity contribution in [2.45, 2.75) is 6.04 Å². The average molecular weight is 371 g/mol. The Bertz CT molecular complexity index is 684. The summed E-state index contributed by atoms with van der Waals surface area (Å²) in [5, 5.41) is 7.48. The molecule has 9 heteroatoms. The molecule has 1 atom stereocenters. The van der Waals surface area contributed by atoms with Crippen molar-refractivity contribution in [1.29, 1.82) is 0 Å². The van der Waals surface area contributed by atoms with E-state index in [1.54, 1.807) is 33.5 Å². The van der Waals surface area contributed by atoms with E-state index in [9.17, 15) is 0 Å². The number of piperazine rings is 1. The van der Waals surface area contributed by atoms with Gasteiger partial charge >= 0.3 is 0 Å². The van der Waals surface area contributed by atoms with E-state index in [2.05, 4.69) is 27.4 Å². The fraction of sp³-hybridized carbons (Fsp3) is 0.500. The lowest BCUT2D eigenvalue weighted by atomic mass is 10.1. The summed E-state index contributed by atoms with van der Waals surface area (Å²) in [5.41, 5.74) is 0.717. The molecule has 1 aromatic carbocycles. The number of methoxy groups -OCH3 is 3. The molecule has 8 nitrogen and oxygen atoms in total. The van der Waals surface area contributed by atoms with Gasteiger partial charge in [0.2, 0.25) is 5.75 Å². The summed E-state index contributed by atoms with van der Waals surface area (Å²) in [4.78, 5) is 6.76. The maximum absolute atomic E-state index is 5.46. The fourth-order valence-electron chi connectivity index (χ4n) is 2.79. The van der Waals surface area contributed by atoms with Crippen molar-refractivity contribution in [2.75, 3.05) is 48.0 Å². The van der Waals surface area contributed by atoms with Gasteiger partial charge in [-0.2, -0.15) is 4.98 Å². The summed E-state index contributed by atoms with van der Waals surface area (Å²) in [6.45, 7) is 2.70. The number of ether oxygens (including phenoxy) is 3. The normalized spacial score (nSPS) is 17.7. The third-order valence-corrected chi connectivity index (χ3v) is 4.16. The van der Waals surface area contributed by atoms with Crippen molar-refractivity contribution in [3.05, 3.63) is 18.0 Å². The summed E-state index contributed by atoms with van der Waals surface area (Å²) in [5.74, 6) is 2.70. The molecule has 1 saturated heterocycles. The van der Waals surface area contributed by atoms with Crippen LogP contribution in [0.1, 0.15) is 11.9 Å². The van der Waals surface area contributed by atoms with Gasteiger partial charge in [0.15, 0.2) is 17.3 Å². The molecular weight excluding hydrogens is 348 g/mol. The van der Waals surface area contributed by atoms with E-state index >= 15 is 0 Å². The summed E-state index contributed by atoms with van der Waals surface area (Å²) in [6, 6.07) is 3.68. The molecule has 138 valence electrons. The zero-order valence-corrected chi connectivity index (χ0v) is 15.6. The van der Waals surface area contributed by atoms with Gasteiger partial charge in [0, 0.05) is 25.2 Å².